The first-order valence-electron chi connectivity index (χ1n) is 7.40. The minimum Gasteiger partial charge on any atom is -0.452 e. The van der Waals surface area contributed by atoms with Gasteiger partial charge in [0, 0.05) is 0 Å². The Kier molecular flexibility index (Phi) is 6.09. The molecule has 0 aromatic heterocycles. The van der Waals surface area contributed by atoms with Crippen LogP contribution in [0.15, 0.2) is 66.7 Å². The Morgan fingerprint density at radius 1 is 1.04 bits per heavy atom. The second-order valence-electron chi connectivity index (χ2n) is 5.20. The maximum atomic E-state index is 12.1. The first-order valence-corrected chi connectivity index (χ1v) is 7.40. The summed E-state index contributed by atoms with van der Waals surface area (Å²) in [4.78, 5) is 12.1. The third-order valence-corrected chi connectivity index (χ3v) is 3.46. The lowest BCUT2D eigenvalue weighted by Crippen LogP contribution is -2.32. The van der Waals surface area contributed by atoms with Crippen LogP contribution in [0, 0.1) is 0 Å². The SMILES string of the molecule is C/C(=C\C(OC(=O)c1ccccc1)[C@H](O)CO)c1ccccc1. The molecular formula is C19H20O4. The first-order chi connectivity index (χ1) is 11.1. The zero-order valence-corrected chi connectivity index (χ0v) is 12.9. The number of esters is 1. The molecule has 0 spiro atoms. The standard InChI is InChI=1S/C19H20O4/c1-14(15-8-4-2-5-9-15)12-18(17(21)13-20)23-19(22)16-10-6-3-7-11-16/h2-12,17-18,20-21H,13H2,1H3/b14-12+/t17-,18?/m1/s1. The molecule has 0 amide bonds. The second-order valence-corrected chi connectivity index (χ2v) is 5.20. The topological polar surface area (TPSA) is 66.8 Å². The van der Waals surface area contributed by atoms with Gasteiger partial charge in [0.2, 0.25) is 0 Å². The highest BCUT2D eigenvalue weighted by atomic mass is 16.6. The van der Waals surface area contributed by atoms with Crippen LogP contribution >= 0.6 is 0 Å². The lowest BCUT2D eigenvalue weighted by molar-refractivity contribution is -0.0182. The van der Waals surface area contributed by atoms with E-state index in [1.165, 1.54) is 0 Å². The number of aliphatic hydroxyl groups is 2. The van der Waals surface area contributed by atoms with Gasteiger partial charge >= 0.3 is 5.97 Å². The molecule has 4 nitrogen and oxygen atoms in total. The minimum absolute atomic E-state index is 0.397. The summed E-state index contributed by atoms with van der Waals surface area (Å²) in [6.07, 6.45) is -0.453. The molecule has 23 heavy (non-hydrogen) atoms. The molecule has 0 bridgehead atoms. The number of hydrogen-bond acceptors (Lipinski definition) is 4. The van der Waals surface area contributed by atoms with Gasteiger partial charge in [-0.15, -0.1) is 0 Å². The largest absolute Gasteiger partial charge is 0.452 e. The second kappa shape index (κ2) is 8.27. The summed E-state index contributed by atoms with van der Waals surface area (Å²) in [5.41, 5.74) is 2.20. The normalized spacial score (nSPS) is 14.1. The van der Waals surface area contributed by atoms with Crippen LogP contribution in [0.1, 0.15) is 22.8 Å². The molecule has 0 radical (unpaired) electrons. The molecule has 1 unspecified atom stereocenters. The summed E-state index contributed by atoms with van der Waals surface area (Å²) in [6, 6.07) is 18.1. The van der Waals surface area contributed by atoms with E-state index in [4.69, 9.17) is 4.74 Å². The quantitative estimate of drug-likeness (QED) is 0.805. The van der Waals surface area contributed by atoms with E-state index in [2.05, 4.69) is 0 Å². The van der Waals surface area contributed by atoms with Crippen LogP contribution < -0.4 is 0 Å². The molecule has 0 heterocycles. The van der Waals surface area contributed by atoms with E-state index >= 15 is 0 Å². The summed E-state index contributed by atoms with van der Waals surface area (Å²) < 4.78 is 5.36. The van der Waals surface area contributed by atoms with Crippen LogP contribution in [0.25, 0.3) is 5.57 Å². The number of rotatable bonds is 6. The van der Waals surface area contributed by atoms with Gasteiger partial charge in [-0.2, -0.15) is 0 Å². The first kappa shape index (κ1) is 16.9. The van der Waals surface area contributed by atoms with Gasteiger partial charge in [0.1, 0.15) is 12.2 Å². The molecule has 2 aromatic carbocycles. The zero-order valence-electron chi connectivity index (χ0n) is 12.9. The van der Waals surface area contributed by atoms with Gasteiger partial charge < -0.3 is 14.9 Å². The summed E-state index contributed by atoms with van der Waals surface area (Å²) in [7, 11) is 0. The highest BCUT2D eigenvalue weighted by molar-refractivity contribution is 5.89. The number of aliphatic hydroxyl groups excluding tert-OH is 2. The molecule has 0 saturated heterocycles. The van der Waals surface area contributed by atoms with Gasteiger partial charge in [-0.3, -0.25) is 0 Å². The Morgan fingerprint density at radius 2 is 1.57 bits per heavy atom. The number of ether oxygens (including phenoxy) is 1. The molecule has 2 atom stereocenters. The van der Waals surface area contributed by atoms with Gasteiger partial charge in [0.25, 0.3) is 0 Å². The molecule has 2 rings (SSSR count). The number of allylic oxidation sites excluding steroid dienone is 1. The zero-order chi connectivity index (χ0) is 16.7. The molecule has 120 valence electrons. The van der Waals surface area contributed by atoms with Crippen LogP contribution in [-0.4, -0.2) is 35.0 Å². The minimum atomic E-state index is -1.18. The van der Waals surface area contributed by atoms with Crippen molar-refractivity contribution in [1.29, 1.82) is 0 Å². The van der Waals surface area contributed by atoms with Crippen LogP contribution in [0.4, 0.5) is 0 Å². The van der Waals surface area contributed by atoms with Crippen molar-refractivity contribution >= 4 is 11.5 Å². The summed E-state index contributed by atoms with van der Waals surface area (Å²) in [5.74, 6) is -0.541. The highest BCUT2D eigenvalue weighted by Crippen LogP contribution is 2.17. The molecule has 0 fully saturated rings. The van der Waals surface area contributed by atoms with Gasteiger partial charge in [-0.05, 0) is 36.3 Å². The van der Waals surface area contributed by atoms with E-state index in [1.54, 1.807) is 36.4 Å². The number of hydrogen-bond donors (Lipinski definition) is 2. The molecule has 0 aliphatic rings. The number of carbonyl (C=O) groups is 1. The van der Waals surface area contributed by atoms with Crippen molar-refractivity contribution in [1.82, 2.24) is 0 Å². The fraction of sp³-hybridized carbons (Fsp3) is 0.211. The fourth-order valence-corrected chi connectivity index (χ4v) is 2.14. The Balaban J connectivity index is 2.19. The van der Waals surface area contributed by atoms with E-state index in [9.17, 15) is 15.0 Å². The Labute approximate surface area is 135 Å². The van der Waals surface area contributed by atoms with E-state index in [0.29, 0.717) is 5.56 Å². The molecule has 0 aliphatic carbocycles. The van der Waals surface area contributed by atoms with Crippen LogP contribution in [0.2, 0.25) is 0 Å². The van der Waals surface area contributed by atoms with Gasteiger partial charge in [-0.25, -0.2) is 4.79 Å². The summed E-state index contributed by atoms with van der Waals surface area (Å²) >= 11 is 0. The van der Waals surface area contributed by atoms with Gasteiger partial charge in [0.05, 0.1) is 12.2 Å². The van der Waals surface area contributed by atoms with Crippen LogP contribution in [-0.2, 0) is 4.74 Å². The van der Waals surface area contributed by atoms with Crippen molar-refractivity contribution < 1.29 is 19.7 Å². The fourth-order valence-electron chi connectivity index (χ4n) is 2.14. The maximum absolute atomic E-state index is 12.1. The smallest absolute Gasteiger partial charge is 0.338 e. The number of carbonyl (C=O) groups excluding carboxylic acids is 1. The molecule has 4 heteroatoms. The maximum Gasteiger partial charge on any atom is 0.338 e. The highest BCUT2D eigenvalue weighted by Gasteiger charge is 2.22. The molecule has 0 aliphatic heterocycles. The van der Waals surface area contributed by atoms with Crippen LogP contribution in [0.3, 0.4) is 0 Å². The van der Waals surface area contributed by atoms with Crippen molar-refractivity contribution in [3.05, 3.63) is 77.9 Å². The van der Waals surface area contributed by atoms with E-state index in [1.807, 2.05) is 37.3 Å². The van der Waals surface area contributed by atoms with Crippen molar-refractivity contribution in [3.63, 3.8) is 0 Å². The van der Waals surface area contributed by atoms with E-state index in [0.717, 1.165) is 11.1 Å². The van der Waals surface area contributed by atoms with Gasteiger partial charge in [-0.1, -0.05) is 48.5 Å². The predicted octanol–water partition coefficient (Wildman–Crippen LogP) is 2.67. The lowest BCUT2D eigenvalue weighted by Gasteiger charge is -2.20. The lowest BCUT2D eigenvalue weighted by atomic mass is 10.0. The van der Waals surface area contributed by atoms with Gasteiger partial charge in [0.15, 0.2) is 0 Å². The third kappa shape index (κ3) is 4.77. The Morgan fingerprint density at radius 3 is 2.09 bits per heavy atom. The van der Waals surface area contributed by atoms with Crippen LogP contribution in [0.5, 0.6) is 0 Å². The van der Waals surface area contributed by atoms with Crippen molar-refractivity contribution in [3.8, 4) is 0 Å². The average Bonchev–Trinajstić information content (AvgIpc) is 2.61. The van der Waals surface area contributed by atoms with Crippen molar-refractivity contribution in [2.24, 2.45) is 0 Å². The average molecular weight is 312 g/mol. The molecular weight excluding hydrogens is 292 g/mol. The van der Waals surface area contributed by atoms with E-state index < -0.39 is 24.8 Å². The Hall–Kier alpha value is -2.43. The summed E-state index contributed by atoms with van der Waals surface area (Å²) in [5, 5.41) is 19.1. The number of benzene rings is 2. The predicted molar refractivity (Wildman–Crippen MR) is 88.8 cm³/mol. The molecule has 2 aromatic rings. The third-order valence-electron chi connectivity index (χ3n) is 3.46. The molecule has 2 N–H and O–H groups in total. The monoisotopic (exact) mass is 312 g/mol. The van der Waals surface area contributed by atoms with Crippen molar-refractivity contribution in [2.75, 3.05) is 6.61 Å². The summed E-state index contributed by atoms with van der Waals surface area (Å²) in [6.45, 7) is 1.37. The Bertz CT molecular complexity index is 650. The van der Waals surface area contributed by atoms with Crippen molar-refractivity contribution in [2.45, 2.75) is 19.1 Å². The molecule has 0 saturated carbocycles. The van der Waals surface area contributed by atoms with E-state index in [-0.39, 0.29) is 0 Å².